The van der Waals surface area contributed by atoms with Crippen molar-refractivity contribution in [3.05, 3.63) is 69.7 Å². The Bertz CT molecular complexity index is 897. The van der Waals surface area contributed by atoms with Gasteiger partial charge >= 0.3 is 0 Å². The average Bonchev–Trinajstić information content (AvgIpc) is 3.14. The quantitative estimate of drug-likeness (QED) is 0.754. The van der Waals surface area contributed by atoms with Crippen LogP contribution in [0.5, 0.6) is 0 Å². The molecule has 0 bridgehead atoms. The lowest BCUT2D eigenvalue weighted by molar-refractivity contribution is -0.135. The molecular weight excluding hydrogens is 397 g/mol. The molecule has 0 N–H and O–H groups in total. The van der Waals surface area contributed by atoms with Gasteiger partial charge in [0.2, 0.25) is 0 Å². The van der Waals surface area contributed by atoms with Crippen LogP contribution in [0, 0.1) is 0 Å². The summed E-state index contributed by atoms with van der Waals surface area (Å²) in [7, 11) is 0. The summed E-state index contributed by atoms with van der Waals surface area (Å²) in [6.45, 7) is 3.10. The molecule has 0 radical (unpaired) electrons. The van der Waals surface area contributed by atoms with Crippen molar-refractivity contribution in [1.82, 2.24) is 9.91 Å². The lowest BCUT2D eigenvalue weighted by Gasteiger charge is -2.29. The van der Waals surface area contributed by atoms with Crippen molar-refractivity contribution in [2.24, 2.45) is 5.10 Å². The molecule has 0 saturated carbocycles. The van der Waals surface area contributed by atoms with E-state index in [0.29, 0.717) is 36.2 Å². The zero-order valence-electron chi connectivity index (χ0n) is 15.4. The molecule has 0 spiro atoms. The second-order valence-electron chi connectivity index (χ2n) is 6.89. The monoisotopic (exact) mass is 417 g/mol. The van der Waals surface area contributed by atoms with Crippen LogP contribution in [0.25, 0.3) is 0 Å². The average molecular weight is 418 g/mol. The number of morpholine rings is 1. The maximum Gasteiger partial charge on any atom is 0.257 e. The third-order valence-corrected chi connectivity index (χ3v) is 5.75. The molecule has 1 amide bonds. The highest BCUT2D eigenvalue weighted by Gasteiger charge is 2.35. The molecule has 2 heterocycles. The predicted molar refractivity (Wildman–Crippen MR) is 111 cm³/mol. The van der Waals surface area contributed by atoms with Gasteiger partial charge in [-0.15, -0.1) is 0 Å². The Morgan fingerprint density at radius 1 is 1.04 bits per heavy atom. The number of carbonyl (C=O) groups is 1. The summed E-state index contributed by atoms with van der Waals surface area (Å²) >= 11 is 12.8. The maximum atomic E-state index is 13.1. The Labute approximate surface area is 174 Å². The summed E-state index contributed by atoms with van der Waals surface area (Å²) in [5.41, 5.74) is 2.54. The van der Waals surface area contributed by atoms with Gasteiger partial charge in [0.05, 0.1) is 31.5 Å². The normalized spacial score (nSPS) is 20.3. The zero-order valence-corrected chi connectivity index (χ0v) is 16.9. The zero-order chi connectivity index (χ0) is 19.5. The van der Waals surface area contributed by atoms with E-state index in [2.05, 4.69) is 10.0 Å². The van der Waals surface area contributed by atoms with Gasteiger partial charge in [0.25, 0.3) is 5.91 Å². The van der Waals surface area contributed by atoms with Gasteiger partial charge in [-0.3, -0.25) is 9.69 Å². The van der Waals surface area contributed by atoms with Gasteiger partial charge in [-0.2, -0.15) is 5.10 Å². The standard InChI is InChI=1S/C21H21Cl2N3O2/c22-17-7-3-1-5-15(17)19-13-20(16-6-2-4-8-18(16)23)26(24-19)21(27)14-25-9-11-28-12-10-25/h1-8,20H,9-14H2. The van der Waals surface area contributed by atoms with E-state index in [0.717, 1.165) is 29.9 Å². The number of hydrogen-bond donors (Lipinski definition) is 0. The summed E-state index contributed by atoms with van der Waals surface area (Å²) in [5, 5.41) is 7.52. The molecule has 2 aliphatic heterocycles. The van der Waals surface area contributed by atoms with Gasteiger partial charge in [-0.05, 0) is 17.7 Å². The Kier molecular flexibility index (Phi) is 5.97. The highest BCUT2D eigenvalue weighted by Crippen LogP contribution is 2.37. The lowest BCUT2D eigenvalue weighted by Crippen LogP contribution is -2.43. The first kappa shape index (κ1) is 19.4. The number of halogens is 2. The maximum absolute atomic E-state index is 13.1. The molecule has 146 valence electrons. The van der Waals surface area contributed by atoms with Gasteiger partial charge in [0.15, 0.2) is 0 Å². The van der Waals surface area contributed by atoms with E-state index in [4.69, 9.17) is 27.9 Å². The highest BCUT2D eigenvalue weighted by atomic mass is 35.5. The largest absolute Gasteiger partial charge is 0.379 e. The molecular formula is C21H21Cl2N3O2. The van der Waals surface area contributed by atoms with Crippen LogP contribution >= 0.6 is 23.2 Å². The van der Waals surface area contributed by atoms with Crippen LogP contribution in [0.4, 0.5) is 0 Å². The van der Waals surface area contributed by atoms with Crippen LogP contribution < -0.4 is 0 Å². The van der Waals surface area contributed by atoms with E-state index >= 15 is 0 Å². The molecule has 2 aliphatic rings. The van der Waals surface area contributed by atoms with Crippen molar-refractivity contribution in [3.8, 4) is 0 Å². The van der Waals surface area contributed by atoms with Gasteiger partial charge in [-0.1, -0.05) is 59.6 Å². The summed E-state index contributed by atoms with van der Waals surface area (Å²) in [5.74, 6) is -0.0473. The van der Waals surface area contributed by atoms with Crippen molar-refractivity contribution in [3.63, 3.8) is 0 Å². The third kappa shape index (κ3) is 4.08. The first-order chi connectivity index (χ1) is 13.6. The van der Waals surface area contributed by atoms with Crippen molar-refractivity contribution in [2.75, 3.05) is 32.8 Å². The second kappa shape index (κ2) is 8.62. The molecule has 7 heteroatoms. The second-order valence-corrected chi connectivity index (χ2v) is 7.71. The number of hydrogen-bond acceptors (Lipinski definition) is 4. The van der Waals surface area contributed by atoms with Crippen LogP contribution in [0.15, 0.2) is 53.6 Å². The number of ether oxygens (including phenoxy) is 1. The van der Waals surface area contributed by atoms with Crippen molar-refractivity contribution in [1.29, 1.82) is 0 Å². The minimum Gasteiger partial charge on any atom is -0.379 e. The Morgan fingerprint density at radius 3 is 2.43 bits per heavy atom. The molecule has 0 aliphatic carbocycles. The summed E-state index contributed by atoms with van der Waals surface area (Å²) in [6.07, 6.45) is 0.572. The number of benzene rings is 2. The highest BCUT2D eigenvalue weighted by molar-refractivity contribution is 6.34. The first-order valence-corrected chi connectivity index (χ1v) is 10.1. The molecule has 2 aromatic rings. The minimum atomic E-state index is -0.242. The Hall–Kier alpha value is -1.92. The van der Waals surface area contributed by atoms with Crippen molar-refractivity contribution >= 4 is 34.8 Å². The molecule has 1 saturated heterocycles. The van der Waals surface area contributed by atoms with Crippen LogP contribution in [-0.2, 0) is 9.53 Å². The van der Waals surface area contributed by atoms with E-state index in [9.17, 15) is 4.79 Å². The van der Waals surface area contributed by atoms with Crippen molar-refractivity contribution < 1.29 is 9.53 Å². The van der Waals surface area contributed by atoms with Crippen LogP contribution in [0.2, 0.25) is 10.0 Å². The van der Waals surface area contributed by atoms with E-state index in [1.54, 1.807) is 5.01 Å². The fourth-order valence-electron chi connectivity index (χ4n) is 3.61. The SMILES string of the molecule is O=C(CN1CCOCC1)N1N=C(c2ccccc2Cl)CC1c1ccccc1Cl. The molecule has 4 rings (SSSR count). The lowest BCUT2D eigenvalue weighted by atomic mass is 9.98. The number of nitrogens with zero attached hydrogens (tertiary/aromatic N) is 3. The number of rotatable bonds is 4. The predicted octanol–water partition coefficient (Wildman–Crippen LogP) is 4.00. The topological polar surface area (TPSA) is 45.1 Å². The van der Waals surface area contributed by atoms with E-state index in [-0.39, 0.29) is 11.9 Å². The van der Waals surface area contributed by atoms with E-state index in [1.165, 1.54) is 0 Å². The Morgan fingerprint density at radius 2 is 1.71 bits per heavy atom. The number of carbonyl (C=O) groups excluding carboxylic acids is 1. The minimum absolute atomic E-state index is 0.0473. The molecule has 2 aromatic carbocycles. The smallest absolute Gasteiger partial charge is 0.257 e. The molecule has 1 unspecified atom stereocenters. The van der Waals surface area contributed by atoms with Crippen molar-refractivity contribution in [2.45, 2.75) is 12.5 Å². The van der Waals surface area contributed by atoms with Gasteiger partial charge < -0.3 is 4.74 Å². The molecule has 28 heavy (non-hydrogen) atoms. The van der Waals surface area contributed by atoms with Crippen LogP contribution in [0.1, 0.15) is 23.6 Å². The number of hydrazone groups is 1. The first-order valence-electron chi connectivity index (χ1n) is 9.32. The summed E-state index contributed by atoms with van der Waals surface area (Å²) in [6, 6.07) is 14.9. The van der Waals surface area contributed by atoms with E-state index in [1.807, 2.05) is 48.5 Å². The molecule has 5 nitrogen and oxygen atoms in total. The summed E-state index contributed by atoms with van der Waals surface area (Å²) in [4.78, 5) is 15.2. The Balaban J connectivity index is 1.64. The van der Waals surface area contributed by atoms with Crippen LogP contribution in [0.3, 0.4) is 0 Å². The molecule has 1 fully saturated rings. The fourth-order valence-corrected chi connectivity index (χ4v) is 4.12. The van der Waals surface area contributed by atoms with E-state index < -0.39 is 0 Å². The summed E-state index contributed by atoms with van der Waals surface area (Å²) < 4.78 is 5.37. The fraction of sp³-hybridized carbons (Fsp3) is 0.333. The molecule has 0 aromatic heterocycles. The van der Waals surface area contributed by atoms with Crippen LogP contribution in [-0.4, -0.2) is 54.4 Å². The molecule has 1 atom stereocenters. The van der Waals surface area contributed by atoms with Gasteiger partial charge in [0, 0.05) is 35.1 Å². The van der Waals surface area contributed by atoms with Gasteiger partial charge in [0.1, 0.15) is 0 Å². The third-order valence-electron chi connectivity index (χ3n) is 5.08. The number of amides is 1. The van der Waals surface area contributed by atoms with Gasteiger partial charge in [-0.25, -0.2) is 5.01 Å².